The summed E-state index contributed by atoms with van der Waals surface area (Å²) in [5.74, 6) is -8.81. The number of rotatable bonds is 23. The van der Waals surface area contributed by atoms with Crippen LogP contribution in [0.4, 0.5) is 0 Å². The van der Waals surface area contributed by atoms with Crippen molar-refractivity contribution in [2.75, 3.05) is 13.1 Å². The van der Waals surface area contributed by atoms with Crippen LogP contribution >= 0.6 is 0 Å². The van der Waals surface area contributed by atoms with Crippen LogP contribution in [0.5, 0.6) is 0 Å². The number of likely N-dealkylation sites (tertiary alicyclic amines) is 1. The van der Waals surface area contributed by atoms with Crippen LogP contribution in [0.3, 0.4) is 0 Å². The predicted molar refractivity (Wildman–Crippen MR) is 220 cm³/mol. The smallest absolute Gasteiger partial charge is 0.316 e. The SMILES string of the molecule is CCCCC(NC(=O)CNC(=O)C(=O)C(CCC)NC(=O)C1CC(OCc2ccccc2)CN1C(=O)C(NC(=O)C(Cc1ccccc1)C(=O)O)C1CCCCC1)C(N)=O. The number of primary amides is 1. The zero-order chi connectivity index (χ0) is 43.6. The molecule has 2 aliphatic rings. The van der Waals surface area contributed by atoms with Gasteiger partial charge in [0.05, 0.1) is 25.3 Å². The van der Waals surface area contributed by atoms with E-state index in [0.717, 1.165) is 31.2 Å². The standard InChI is InChI=1S/C44H60N6O10/c1-3-5-22-34(39(45)53)47-36(51)25-46-42(56)38(52)33(15-4-2)48-41(55)35-24-31(60-27-29-18-11-7-12-19-29)26-50(35)43(57)37(30-20-13-8-14-21-30)49-40(54)32(44(58)59)23-28-16-9-6-10-17-28/h6-7,9-12,16-19,30-35,37H,3-5,8,13-15,20-27H2,1-2H3,(H2,45,53)(H,46,56)(H,47,51)(H,48,55)(H,49,54)(H,58,59). The highest BCUT2D eigenvalue weighted by molar-refractivity contribution is 6.38. The highest BCUT2D eigenvalue weighted by Crippen LogP contribution is 2.31. The number of benzene rings is 2. The van der Waals surface area contributed by atoms with E-state index >= 15 is 0 Å². The van der Waals surface area contributed by atoms with Crippen molar-refractivity contribution in [2.45, 2.75) is 128 Å². The largest absolute Gasteiger partial charge is 0.481 e. The molecular weight excluding hydrogens is 773 g/mol. The van der Waals surface area contributed by atoms with Crippen LogP contribution in [0, 0.1) is 11.8 Å². The number of nitrogens with one attached hydrogen (secondary N) is 4. The Morgan fingerprint density at radius 1 is 0.817 bits per heavy atom. The van der Waals surface area contributed by atoms with E-state index in [0.29, 0.717) is 37.7 Å². The number of hydrogen-bond donors (Lipinski definition) is 6. The molecule has 6 unspecified atom stereocenters. The Balaban J connectivity index is 1.54. The highest BCUT2D eigenvalue weighted by Gasteiger charge is 2.46. The van der Waals surface area contributed by atoms with Gasteiger partial charge in [0.15, 0.2) is 0 Å². The molecule has 16 heteroatoms. The van der Waals surface area contributed by atoms with Crippen molar-refractivity contribution in [3.05, 3.63) is 71.8 Å². The van der Waals surface area contributed by atoms with Gasteiger partial charge in [-0.05, 0) is 49.1 Å². The van der Waals surface area contributed by atoms with E-state index < -0.39 is 89.9 Å². The number of Topliss-reactive ketones (excluding diaryl/α,β-unsaturated/α-hetero) is 1. The summed E-state index contributed by atoms with van der Waals surface area (Å²) in [4.78, 5) is 107. The lowest BCUT2D eigenvalue weighted by molar-refractivity contribution is -0.150. The van der Waals surface area contributed by atoms with Gasteiger partial charge in [-0.2, -0.15) is 0 Å². The molecule has 7 N–H and O–H groups in total. The fourth-order valence-electron chi connectivity index (χ4n) is 7.79. The Labute approximate surface area is 351 Å². The number of carbonyl (C=O) groups excluding carboxylic acids is 7. The quantitative estimate of drug-likeness (QED) is 0.0705. The molecule has 2 aromatic rings. The lowest BCUT2D eigenvalue weighted by Crippen LogP contribution is -2.59. The van der Waals surface area contributed by atoms with Gasteiger partial charge in [0, 0.05) is 13.0 Å². The first kappa shape index (κ1) is 47.0. The number of amides is 6. The summed E-state index contributed by atoms with van der Waals surface area (Å²) in [6.45, 7) is 3.23. The van der Waals surface area contributed by atoms with Gasteiger partial charge in [-0.1, -0.05) is 113 Å². The Morgan fingerprint density at radius 3 is 2.07 bits per heavy atom. The van der Waals surface area contributed by atoms with Gasteiger partial charge in [-0.25, -0.2) is 0 Å². The second-order valence-electron chi connectivity index (χ2n) is 15.7. The second kappa shape index (κ2) is 23.8. The van der Waals surface area contributed by atoms with Gasteiger partial charge in [0.25, 0.3) is 5.91 Å². The predicted octanol–water partition coefficient (Wildman–Crippen LogP) is 2.31. The van der Waals surface area contributed by atoms with Gasteiger partial charge in [0.1, 0.15) is 24.0 Å². The molecule has 6 amide bonds. The van der Waals surface area contributed by atoms with Crippen molar-refractivity contribution in [1.82, 2.24) is 26.2 Å². The van der Waals surface area contributed by atoms with E-state index in [-0.39, 0.29) is 38.3 Å². The number of nitrogens with zero attached hydrogens (tertiary/aromatic N) is 1. The molecule has 1 aliphatic heterocycles. The molecule has 1 saturated carbocycles. The van der Waals surface area contributed by atoms with Crippen LogP contribution in [0.2, 0.25) is 0 Å². The van der Waals surface area contributed by atoms with Gasteiger partial charge in [0.2, 0.25) is 35.3 Å². The van der Waals surface area contributed by atoms with E-state index in [1.54, 1.807) is 37.3 Å². The number of ether oxygens (including phenoxy) is 1. The first-order valence-electron chi connectivity index (χ1n) is 21.1. The van der Waals surface area contributed by atoms with Crippen LogP contribution in [-0.4, -0.2) is 101 Å². The summed E-state index contributed by atoms with van der Waals surface area (Å²) in [7, 11) is 0. The molecule has 16 nitrogen and oxygen atoms in total. The summed E-state index contributed by atoms with van der Waals surface area (Å²) in [5.41, 5.74) is 6.91. The van der Waals surface area contributed by atoms with Crippen LogP contribution in [0.15, 0.2) is 60.7 Å². The molecule has 2 aromatic carbocycles. The summed E-state index contributed by atoms with van der Waals surface area (Å²) < 4.78 is 6.21. The van der Waals surface area contributed by atoms with E-state index in [1.807, 2.05) is 37.3 Å². The number of aliphatic carboxylic acids is 1. The topological polar surface area (TPSA) is 243 Å². The number of ketones is 1. The number of nitrogens with two attached hydrogens (primary N) is 1. The third kappa shape index (κ3) is 14.0. The minimum Gasteiger partial charge on any atom is -0.481 e. The maximum atomic E-state index is 14.8. The Hall–Kier alpha value is -5.64. The van der Waals surface area contributed by atoms with E-state index in [4.69, 9.17) is 10.5 Å². The van der Waals surface area contributed by atoms with Gasteiger partial charge < -0.3 is 41.7 Å². The maximum absolute atomic E-state index is 14.8. The van der Waals surface area contributed by atoms with Crippen LogP contribution in [0.25, 0.3) is 0 Å². The van der Waals surface area contributed by atoms with E-state index in [9.17, 15) is 43.5 Å². The normalized spacial score (nSPS) is 18.6. The monoisotopic (exact) mass is 832 g/mol. The highest BCUT2D eigenvalue weighted by atomic mass is 16.5. The molecule has 1 aliphatic carbocycles. The molecule has 1 saturated heterocycles. The molecule has 0 bridgehead atoms. The molecule has 2 fully saturated rings. The van der Waals surface area contributed by atoms with Crippen LogP contribution in [0.1, 0.15) is 95.6 Å². The molecule has 4 rings (SSSR count). The number of carboxylic acids is 1. The zero-order valence-electron chi connectivity index (χ0n) is 34.6. The second-order valence-corrected chi connectivity index (χ2v) is 15.7. The summed E-state index contributed by atoms with van der Waals surface area (Å²) in [6.07, 6.45) is 5.27. The van der Waals surface area contributed by atoms with Crippen LogP contribution in [-0.2, 0) is 56.1 Å². The van der Waals surface area contributed by atoms with Gasteiger partial charge in [-0.15, -0.1) is 0 Å². The fourth-order valence-corrected chi connectivity index (χ4v) is 7.79. The van der Waals surface area contributed by atoms with Crippen LogP contribution < -0.4 is 27.0 Å². The van der Waals surface area contributed by atoms with Crippen molar-refractivity contribution >= 4 is 47.2 Å². The lowest BCUT2D eigenvalue weighted by atomic mass is 9.82. The minimum atomic E-state index is -1.48. The molecule has 60 heavy (non-hydrogen) atoms. The molecule has 6 atom stereocenters. The molecule has 326 valence electrons. The minimum absolute atomic E-state index is 0.0260. The molecule has 0 spiro atoms. The Morgan fingerprint density at radius 2 is 1.47 bits per heavy atom. The number of hydrogen-bond acceptors (Lipinski definition) is 9. The van der Waals surface area contributed by atoms with Crippen molar-refractivity contribution in [3.8, 4) is 0 Å². The van der Waals surface area contributed by atoms with Crippen molar-refractivity contribution in [2.24, 2.45) is 17.6 Å². The molecule has 0 radical (unpaired) electrons. The average molecular weight is 833 g/mol. The molecule has 0 aromatic heterocycles. The third-order valence-corrected chi connectivity index (χ3v) is 11.1. The number of carboxylic acid groups (broad SMARTS) is 1. The summed E-state index contributed by atoms with van der Waals surface area (Å²) in [6, 6.07) is 13.5. The van der Waals surface area contributed by atoms with Gasteiger partial charge >= 0.3 is 5.97 Å². The van der Waals surface area contributed by atoms with Gasteiger partial charge in [-0.3, -0.25) is 38.4 Å². The van der Waals surface area contributed by atoms with Crippen molar-refractivity contribution < 1.29 is 48.2 Å². The third-order valence-electron chi connectivity index (χ3n) is 11.1. The van der Waals surface area contributed by atoms with E-state index in [1.165, 1.54) is 4.90 Å². The Bertz CT molecular complexity index is 1790. The average Bonchev–Trinajstić information content (AvgIpc) is 3.69. The number of unbranched alkanes of at least 4 members (excludes halogenated alkanes) is 1. The number of carbonyl (C=O) groups is 8. The molecular formula is C44H60N6O10. The van der Waals surface area contributed by atoms with Crippen molar-refractivity contribution in [1.29, 1.82) is 0 Å². The fraction of sp³-hybridized carbons (Fsp3) is 0.545. The first-order valence-corrected chi connectivity index (χ1v) is 21.1. The lowest BCUT2D eigenvalue weighted by Gasteiger charge is -2.35. The summed E-state index contributed by atoms with van der Waals surface area (Å²) in [5, 5.41) is 20.3. The molecule has 1 heterocycles. The maximum Gasteiger partial charge on any atom is 0.316 e. The summed E-state index contributed by atoms with van der Waals surface area (Å²) >= 11 is 0. The van der Waals surface area contributed by atoms with E-state index in [2.05, 4.69) is 21.3 Å². The first-order chi connectivity index (χ1) is 28.8. The Kier molecular flexibility index (Phi) is 18.7. The van der Waals surface area contributed by atoms with Crippen molar-refractivity contribution in [3.63, 3.8) is 0 Å². The zero-order valence-corrected chi connectivity index (χ0v) is 34.6.